The molecule has 0 unspecified atom stereocenters. The zero-order valence-corrected chi connectivity index (χ0v) is 12.5. The summed E-state index contributed by atoms with van der Waals surface area (Å²) in [6, 6.07) is 6.16. The van der Waals surface area contributed by atoms with Gasteiger partial charge in [0.2, 0.25) is 0 Å². The molecule has 1 aromatic carbocycles. The first-order valence-electron chi connectivity index (χ1n) is 6.46. The molecule has 0 aliphatic heterocycles. The van der Waals surface area contributed by atoms with Crippen molar-refractivity contribution in [1.82, 2.24) is 4.98 Å². The highest BCUT2D eigenvalue weighted by atomic mass is 32.1. The zero-order valence-electron chi connectivity index (χ0n) is 11.6. The number of aromatic nitrogens is 1. The van der Waals surface area contributed by atoms with Crippen molar-refractivity contribution in [2.24, 2.45) is 5.73 Å². The topological polar surface area (TPSA) is 48.1 Å². The molecule has 4 heteroatoms. The van der Waals surface area contributed by atoms with E-state index in [2.05, 4.69) is 24.0 Å². The van der Waals surface area contributed by atoms with Crippen LogP contribution in [0.5, 0.6) is 5.75 Å². The average Bonchev–Trinajstić information content (AvgIpc) is 2.75. The van der Waals surface area contributed by atoms with E-state index in [-0.39, 0.29) is 6.04 Å². The third-order valence-electron chi connectivity index (χ3n) is 3.09. The molecule has 1 heterocycles. The van der Waals surface area contributed by atoms with E-state index in [1.165, 1.54) is 10.4 Å². The fourth-order valence-electron chi connectivity index (χ4n) is 1.96. The number of thiazole rings is 1. The summed E-state index contributed by atoms with van der Waals surface area (Å²) in [6.45, 7) is 6.73. The summed E-state index contributed by atoms with van der Waals surface area (Å²) in [5.74, 6) is 0.900. The van der Waals surface area contributed by atoms with Crippen LogP contribution in [0.2, 0.25) is 0 Å². The fourth-order valence-corrected chi connectivity index (χ4v) is 2.73. The first-order chi connectivity index (χ1) is 9.08. The minimum atomic E-state index is -0.0132. The standard InChI is InChI=1S/C15H20N2OS/c1-10-4-5-13(11(2)16)14(8-10)18-7-6-15-12(3)17-9-19-15/h4-5,8-9,11H,6-7,16H2,1-3H3/t11-/m1/s1. The van der Waals surface area contributed by atoms with Gasteiger partial charge in [0.05, 0.1) is 17.8 Å². The Hall–Kier alpha value is -1.39. The summed E-state index contributed by atoms with van der Waals surface area (Å²) in [5, 5.41) is 0. The van der Waals surface area contributed by atoms with Crippen molar-refractivity contribution < 1.29 is 4.74 Å². The molecule has 2 rings (SSSR count). The van der Waals surface area contributed by atoms with Crippen LogP contribution in [-0.2, 0) is 6.42 Å². The molecule has 0 bridgehead atoms. The maximum Gasteiger partial charge on any atom is 0.124 e. The lowest BCUT2D eigenvalue weighted by atomic mass is 10.1. The Balaban J connectivity index is 2.03. The van der Waals surface area contributed by atoms with Crippen LogP contribution >= 0.6 is 11.3 Å². The van der Waals surface area contributed by atoms with E-state index in [1.54, 1.807) is 11.3 Å². The highest BCUT2D eigenvalue weighted by Gasteiger charge is 2.09. The minimum Gasteiger partial charge on any atom is -0.493 e. The maximum absolute atomic E-state index is 5.97. The van der Waals surface area contributed by atoms with Crippen LogP contribution < -0.4 is 10.5 Å². The van der Waals surface area contributed by atoms with Gasteiger partial charge < -0.3 is 10.5 Å². The summed E-state index contributed by atoms with van der Waals surface area (Å²) in [7, 11) is 0. The number of aryl methyl sites for hydroxylation is 2. The van der Waals surface area contributed by atoms with Gasteiger partial charge in [0, 0.05) is 22.9 Å². The van der Waals surface area contributed by atoms with Gasteiger partial charge in [-0.1, -0.05) is 12.1 Å². The SMILES string of the molecule is Cc1ccc([C@@H](C)N)c(OCCc2scnc2C)c1. The normalized spacial score (nSPS) is 12.4. The molecular formula is C15H20N2OS. The number of rotatable bonds is 5. The number of nitrogens with two attached hydrogens (primary N) is 1. The van der Waals surface area contributed by atoms with Crippen LogP contribution in [0.15, 0.2) is 23.7 Å². The molecule has 1 atom stereocenters. The van der Waals surface area contributed by atoms with Crippen LogP contribution in [-0.4, -0.2) is 11.6 Å². The number of hydrogen-bond donors (Lipinski definition) is 1. The minimum absolute atomic E-state index is 0.0132. The van der Waals surface area contributed by atoms with Gasteiger partial charge in [0.15, 0.2) is 0 Å². The Labute approximate surface area is 118 Å². The number of benzene rings is 1. The van der Waals surface area contributed by atoms with Gasteiger partial charge >= 0.3 is 0 Å². The molecular weight excluding hydrogens is 256 g/mol. The van der Waals surface area contributed by atoms with E-state index in [4.69, 9.17) is 10.5 Å². The van der Waals surface area contributed by atoms with Crippen LogP contribution in [0.3, 0.4) is 0 Å². The summed E-state index contributed by atoms with van der Waals surface area (Å²) >= 11 is 1.68. The molecule has 0 aliphatic carbocycles. The summed E-state index contributed by atoms with van der Waals surface area (Å²) in [6.07, 6.45) is 0.892. The van der Waals surface area contributed by atoms with Gasteiger partial charge in [0.1, 0.15) is 5.75 Å². The van der Waals surface area contributed by atoms with Crippen molar-refractivity contribution in [2.45, 2.75) is 33.2 Å². The van der Waals surface area contributed by atoms with Gasteiger partial charge in [0.25, 0.3) is 0 Å². The smallest absolute Gasteiger partial charge is 0.124 e. The van der Waals surface area contributed by atoms with E-state index in [9.17, 15) is 0 Å². The molecule has 0 aliphatic rings. The lowest BCUT2D eigenvalue weighted by molar-refractivity contribution is 0.317. The molecule has 0 saturated carbocycles. The van der Waals surface area contributed by atoms with Crippen molar-refractivity contribution in [3.05, 3.63) is 45.4 Å². The predicted octanol–water partition coefficient (Wildman–Crippen LogP) is 3.40. The van der Waals surface area contributed by atoms with E-state index in [0.29, 0.717) is 6.61 Å². The first-order valence-corrected chi connectivity index (χ1v) is 7.34. The van der Waals surface area contributed by atoms with Crippen LogP contribution in [0.25, 0.3) is 0 Å². The lowest BCUT2D eigenvalue weighted by Gasteiger charge is -2.14. The molecule has 0 amide bonds. The van der Waals surface area contributed by atoms with Crippen molar-refractivity contribution in [1.29, 1.82) is 0 Å². The number of ether oxygens (including phenoxy) is 1. The molecule has 19 heavy (non-hydrogen) atoms. The Bertz CT molecular complexity index is 549. The quantitative estimate of drug-likeness (QED) is 0.910. The molecule has 0 radical (unpaired) electrons. The second-order valence-corrected chi connectivity index (χ2v) is 5.73. The Morgan fingerprint density at radius 1 is 1.37 bits per heavy atom. The second-order valence-electron chi connectivity index (χ2n) is 4.79. The summed E-state index contributed by atoms with van der Waals surface area (Å²) < 4.78 is 5.91. The van der Waals surface area contributed by atoms with Crippen molar-refractivity contribution in [3.63, 3.8) is 0 Å². The zero-order chi connectivity index (χ0) is 13.8. The lowest BCUT2D eigenvalue weighted by Crippen LogP contribution is -2.09. The Kier molecular flexibility index (Phi) is 4.56. The van der Waals surface area contributed by atoms with Crippen LogP contribution in [0, 0.1) is 13.8 Å². The third kappa shape index (κ3) is 3.55. The summed E-state index contributed by atoms with van der Waals surface area (Å²) in [4.78, 5) is 5.53. The third-order valence-corrected chi connectivity index (χ3v) is 4.09. The van der Waals surface area contributed by atoms with Gasteiger partial charge in [-0.2, -0.15) is 0 Å². The van der Waals surface area contributed by atoms with Gasteiger partial charge in [-0.3, -0.25) is 0 Å². The monoisotopic (exact) mass is 276 g/mol. The molecule has 0 fully saturated rings. The van der Waals surface area contributed by atoms with Crippen molar-refractivity contribution >= 4 is 11.3 Å². The second kappa shape index (κ2) is 6.17. The van der Waals surface area contributed by atoms with Gasteiger partial charge in [-0.25, -0.2) is 4.98 Å². The van der Waals surface area contributed by atoms with E-state index in [1.807, 2.05) is 25.4 Å². The summed E-state index contributed by atoms with van der Waals surface area (Å²) in [5.41, 5.74) is 11.2. The number of nitrogens with zero attached hydrogens (tertiary/aromatic N) is 1. The molecule has 0 spiro atoms. The Morgan fingerprint density at radius 2 is 2.16 bits per heavy atom. The van der Waals surface area contributed by atoms with E-state index < -0.39 is 0 Å². The average molecular weight is 276 g/mol. The molecule has 102 valence electrons. The van der Waals surface area contributed by atoms with Crippen molar-refractivity contribution in [3.8, 4) is 5.75 Å². The maximum atomic E-state index is 5.97. The van der Waals surface area contributed by atoms with Crippen LogP contribution in [0.1, 0.15) is 34.7 Å². The van der Waals surface area contributed by atoms with Gasteiger partial charge in [-0.05, 0) is 32.4 Å². The highest BCUT2D eigenvalue weighted by molar-refractivity contribution is 7.09. The largest absolute Gasteiger partial charge is 0.493 e. The highest BCUT2D eigenvalue weighted by Crippen LogP contribution is 2.25. The molecule has 3 nitrogen and oxygen atoms in total. The molecule has 1 aromatic heterocycles. The van der Waals surface area contributed by atoms with E-state index >= 15 is 0 Å². The predicted molar refractivity (Wildman–Crippen MR) is 79.8 cm³/mol. The van der Waals surface area contributed by atoms with Crippen molar-refractivity contribution in [2.75, 3.05) is 6.61 Å². The molecule has 2 N–H and O–H groups in total. The van der Waals surface area contributed by atoms with Gasteiger partial charge in [-0.15, -0.1) is 11.3 Å². The number of hydrogen-bond acceptors (Lipinski definition) is 4. The first kappa shape index (κ1) is 14.0. The Morgan fingerprint density at radius 3 is 2.79 bits per heavy atom. The van der Waals surface area contributed by atoms with E-state index in [0.717, 1.165) is 23.4 Å². The molecule has 2 aromatic rings. The fraction of sp³-hybridized carbons (Fsp3) is 0.400. The van der Waals surface area contributed by atoms with Crippen LogP contribution in [0.4, 0.5) is 0 Å². The molecule has 0 saturated heterocycles.